The molecule has 1 heterocycles. The third-order valence-corrected chi connectivity index (χ3v) is 5.05. The largest absolute Gasteiger partial charge is 0.497 e. The maximum absolute atomic E-state index is 12.8. The molecule has 0 aliphatic rings. The highest BCUT2D eigenvalue weighted by Gasteiger charge is 2.27. The van der Waals surface area contributed by atoms with E-state index in [1.54, 1.807) is 7.11 Å². The minimum absolute atomic E-state index is 0.0639. The average Bonchev–Trinajstić information content (AvgIpc) is 2.95. The number of hydrogen-bond acceptors (Lipinski definition) is 6. The zero-order valence-electron chi connectivity index (χ0n) is 16.1. The van der Waals surface area contributed by atoms with Crippen LogP contribution in [0.2, 0.25) is 0 Å². The summed E-state index contributed by atoms with van der Waals surface area (Å²) in [7, 11) is 1.62. The summed E-state index contributed by atoms with van der Waals surface area (Å²) >= 11 is 1.31. The zero-order chi connectivity index (χ0) is 19.4. The van der Waals surface area contributed by atoms with Gasteiger partial charge in [-0.2, -0.15) is 0 Å². The predicted octanol–water partition coefficient (Wildman–Crippen LogP) is 2.79. The van der Waals surface area contributed by atoms with Crippen LogP contribution in [0, 0.1) is 0 Å². The van der Waals surface area contributed by atoms with Crippen LogP contribution in [0.1, 0.15) is 34.6 Å². The molecule has 1 aromatic heterocycles. The van der Waals surface area contributed by atoms with Crippen LogP contribution in [0.15, 0.2) is 29.4 Å². The molecule has 0 fully saturated rings. The SMILES string of the molecule is COc1ccc(-c2nnc(S[C@H](C)C(=O)N(C(C)C)C(C)C)n2N)cc1. The van der Waals surface area contributed by atoms with Gasteiger partial charge in [0.1, 0.15) is 5.75 Å². The molecule has 1 amide bonds. The van der Waals surface area contributed by atoms with Crippen LogP contribution in [0.4, 0.5) is 0 Å². The monoisotopic (exact) mass is 377 g/mol. The highest BCUT2D eigenvalue weighted by molar-refractivity contribution is 8.00. The van der Waals surface area contributed by atoms with Crippen LogP contribution in [-0.4, -0.2) is 50.1 Å². The predicted molar refractivity (Wildman–Crippen MR) is 105 cm³/mol. The van der Waals surface area contributed by atoms with Gasteiger partial charge in [-0.3, -0.25) is 4.79 Å². The second kappa shape index (κ2) is 8.44. The summed E-state index contributed by atoms with van der Waals surface area (Å²) in [6.07, 6.45) is 0. The van der Waals surface area contributed by atoms with E-state index in [1.807, 2.05) is 63.8 Å². The molecule has 0 aliphatic carbocycles. The Morgan fingerprint density at radius 1 is 1.12 bits per heavy atom. The van der Waals surface area contributed by atoms with Crippen LogP contribution in [-0.2, 0) is 4.79 Å². The number of nitrogens with zero attached hydrogens (tertiary/aromatic N) is 4. The van der Waals surface area contributed by atoms with Crippen LogP contribution in [0.3, 0.4) is 0 Å². The van der Waals surface area contributed by atoms with Gasteiger partial charge in [-0.25, -0.2) is 4.68 Å². The molecule has 2 aromatic rings. The van der Waals surface area contributed by atoms with Crippen LogP contribution >= 0.6 is 11.8 Å². The number of ether oxygens (including phenoxy) is 1. The van der Waals surface area contributed by atoms with Gasteiger partial charge in [0.25, 0.3) is 0 Å². The van der Waals surface area contributed by atoms with Crippen molar-refractivity contribution in [3.63, 3.8) is 0 Å². The van der Waals surface area contributed by atoms with Crippen molar-refractivity contribution in [1.82, 2.24) is 19.8 Å². The van der Waals surface area contributed by atoms with Crippen molar-refractivity contribution in [2.75, 3.05) is 13.0 Å². The molecule has 26 heavy (non-hydrogen) atoms. The number of benzene rings is 1. The van der Waals surface area contributed by atoms with E-state index in [2.05, 4.69) is 10.2 Å². The molecule has 142 valence electrons. The molecular weight excluding hydrogens is 350 g/mol. The first-order valence-electron chi connectivity index (χ1n) is 8.60. The molecular formula is C18H27N5O2S. The first kappa shape index (κ1) is 20.1. The molecule has 2 rings (SSSR count). The molecule has 8 heteroatoms. The molecule has 2 N–H and O–H groups in total. The van der Waals surface area contributed by atoms with E-state index < -0.39 is 0 Å². The van der Waals surface area contributed by atoms with Crippen LogP contribution in [0.25, 0.3) is 11.4 Å². The number of nitrogen functional groups attached to an aromatic ring is 1. The normalized spacial score (nSPS) is 12.5. The summed E-state index contributed by atoms with van der Waals surface area (Å²) in [5, 5.41) is 8.52. The van der Waals surface area contributed by atoms with Gasteiger partial charge in [-0.05, 0) is 58.9 Å². The molecule has 0 bridgehead atoms. The smallest absolute Gasteiger partial charge is 0.236 e. The molecule has 1 aromatic carbocycles. The highest BCUT2D eigenvalue weighted by Crippen LogP contribution is 2.27. The van der Waals surface area contributed by atoms with Crippen molar-refractivity contribution in [1.29, 1.82) is 0 Å². The van der Waals surface area contributed by atoms with E-state index in [9.17, 15) is 4.79 Å². The second-order valence-corrected chi connectivity index (χ2v) is 7.91. The standard InChI is InChI=1S/C18H27N5O2S/c1-11(2)22(12(3)4)17(24)13(5)26-18-21-20-16(23(18)19)14-7-9-15(25-6)10-8-14/h7-13H,19H2,1-6H3/t13-/m1/s1. The Bertz CT molecular complexity index is 735. The minimum atomic E-state index is -0.310. The number of methoxy groups -OCH3 is 1. The van der Waals surface area contributed by atoms with E-state index in [-0.39, 0.29) is 23.2 Å². The van der Waals surface area contributed by atoms with Gasteiger partial charge in [0, 0.05) is 17.6 Å². The summed E-state index contributed by atoms with van der Waals surface area (Å²) in [4.78, 5) is 14.7. The molecule has 0 aliphatic heterocycles. The van der Waals surface area contributed by atoms with Gasteiger partial charge in [-0.15, -0.1) is 10.2 Å². The minimum Gasteiger partial charge on any atom is -0.497 e. The van der Waals surface area contributed by atoms with Crippen molar-refractivity contribution < 1.29 is 9.53 Å². The third-order valence-electron chi connectivity index (χ3n) is 4.01. The van der Waals surface area contributed by atoms with Gasteiger partial charge in [-0.1, -0.05) is 11.8 Å². The van der Waals surface area contributed by atoms with Gasteiger partial charge in [0.15, 0.2) is 5.82 Å². The number of carbonyl (C=O) groups is 1. The molecule has 1 atom stereocenters. The summed E-state index contributed by atoms with van der Waals surface area (Å²) in [6, 6.07) is 7.69. The summed E-state index contributed by atoms with van der Waals surface area (Å²) in [5.41, 5.74) is 0.831. The van der Waals surface area contributed by atoms with Crippen molar-refractivity contribution in [2.45, 2.75) is 57.1 Å². The molecule has 0 saturated heterocycles. The zero-order valence-corrected chi connectivity index (χ0v) is 16.9. The second-order valence-electron chi connectivity index (χ2n) is 6.60. The van der Waals surface area contributed by atoms with Gasteiger partial charge in [0.05, 0.1) is 12.4 Å². The number of rotatable bonds is 7. The van der Waals surface area contributed by atoms with Crippen molar-refractivity contribution >= 4 is 17.7 Å². The first-order valence-corrected chi connectivity index (χ1v) is 9.48. The van der Waals surface area contributed by atoms with Gasteiger partial charge in [0.2, 0.25) is 11.1 Å². The lowest BCUT2D eigenvalue weighted by molar-refractivity contribution is -0.133. The Hall–Kier alpha value is -2.22. The quantitative estimate of drug-likeness (QED) is 0.590. The van der Waals surface area contributed by atoms with E-state index in [4.69, 9.17) is 10.6 Å². The maximum atomic E-state index is 12.8. The average molecular weight is 378 g/mol. The summed E-state index contributed by atoms with van der Waals surface area (Å²) in [5.74, 6) is 7.53. The summed E-state index contributed by atoms with van der Waals surface area (Å²) in [6.45, 7) is 9.93. The van der Waals surface area contributed by atoms with Gasteiger partial charge >= 0.3 is 0 Å². The third kappa shape index (κ3) is 4.30. The lowest BCUT2D eigenvalue weighted by Crippen LogP contribution is -2.45. The van der Waals surface area contributed by atoms with Crippen molar-refractivity contribution in [3.05, 3.63) is 24.3 Å². The molecule has 0 saturated carbocycles. The molecule has 0 radical (unpaired) electrons. The Balaban J connectivity index is 2.17. The Labute approximate surface area is 158 Å². The Morgan fingerprint density at radius 2 is 1.69 bits per heavy atom. The number of amides is 1. The number of hydrogen-bond donors (Lipinski definition) is 1. The van der Waals surface area contributed by atoms with Crippen molar-refractivity contribution in [2.24, 2.45) is 0 Å². The summed E-state index contributed by atoms with van der Waals surface area (Å²) < 4.78 is 6.58. The number of thioether (sulfide) groups is 1. The fourth-order valence-electron chi connectivity index (χ4n) is 2.82. The van der Waals surface area contributed by atoms with Gasteiger partial charge < -0.3 is 15.5 Å². The fraction of sp³-hybridized carbons (Fsp3) is 0.500. The van der Waals surface area contributed by atoms with Crippen LogP contribution in [0.5, 0.6) is 5.75 Å². The van der Waals surface area contributed by atoms with Crippen molar-refractivity contribution in [3.8, 4) is 17.1 Å². The van der Waals surface area contributed by atoms with E-state index in [1.165, 1.54) is 16.4 Å². The maximum Gasteiger partial charge on any atom is 0.236 e. The van der Waals surface area contributed by atoms with E-state index in [0.29, 0.717) is 11.0 Å². The topological polar surface area (TPSA) is 86.3 Å². The number of carbonyl (C=O) groups excluding carboxylic acids is 1. The molecule has 7 nitrogen and oxygen atoms in total. The highest BCUT2D eigenvalue weighted by atomic mass is 32.2. The number of nitrogens with two attached hydrogens (primary N) is 1. The Morgan fingerprint density at radius 3 is 2.19 bits per heavy atom. The molecule has 0 spiro atoms. The van der Waals surface area contributed by atoms with Crippen LogP contribution < -0.4 is 10.6 Å². The Kier molecular flexibility index (Phi) is 6.52. The lowest BCUT2D eigenvalue weighted by Gasteiger charge is -2.32. The fourth-order valence-corrected chi connectivity index (χ4v) is 3.64. The first-order chi connectivity index (χ1) is 12.3. The molecule has 0 unspecified atom stereocenters. The number of aromatic nitrogens is 3. The van der Waals surface area contributed by atoms with E-state index >= 15 is 0 Å². The lowest BCUT2D eigenvalue weighted by atomic mass is 10.2. The van der Waals surface area contributed by atoms with E-state index in [0.717, 1.165) is 11.3 Å².